The average molecular weight is 233 g/mol. The molecule has 66 valence electrons. The number of hydrogen-bond acceptors (Lipinski definition) is 1. The Bertz CT molecular complexity index is 257. The fourth-order valence-corrected chi connectivity index (χ4v) is 1.43. The van der Waals surface area contributed by atoms with Crippen LogP contribution in [0.25, 0.3) is 0 Å². The third-order valence-electron chi connectivity index (χ3n) is 1.71. The Morgan fingerprint density at radius 2 is 2.17 bits per heavy atom. The molecule has 1 aromatic rings. The summed E-state index contributed by atoms with van der Waals surface area (Å²) in [6.45, 7) is 1.72. The summed E-state index contributed by atoms with van der Waals surface area (Å²) in [5, 5.41) is 0.605. The van der Waals surface area contributed by atoms with Crippen molar-refractivity contribution in [2.24, 2.45) is 0 Å². The standard InChI is InChI=1S/C9H10BrFO/c1-6-3-9(12-2)7(5-10)4-8(6)11/h3-4H,5H2,1-2H3. The van der Waals surface area contributed by atoms with E-state index in [4.69, 9.17) is 4.74 Å². The van der Waals surface area contributed by atoms with Crippen molar-refractivity contribution in [3.63, 3.8) is 0 Å². The van der Waals surface area contributed by atoms with Gasteiger partial charge in [-0.3, -0.25) is 0 Å². The van der Waals surface area contributed by atoms with Crippen molar-refractivity contribution < 1.29 is 9.13 Å². The Hall–Kier alpha value is -0.570. The topological polar surface area (TPSA) is 9.23 Å². The largest absolute Gasteiger partial charge is 0.496 e. The van der Waals surface area contributed by atoms with Gasteiger partial charge in [0.15, 0.2) is 0 Å². The second-order valence-corrected chi connectivity index (χ2v) is 3.11. The second kappa shape index (κ2) is 3.90. The molecule has 0 aliphatic rings. The first kappa shape index (κ1) is 9.52. The van der Waals surface area contributed by atoms with Crippen molar-refractivity contribution in [1.82, 2.24) is 0 Å². The number of ether oxygens (including phenoxy) is 1. The Kier molecular flexibility index (Phi) is 3.09. The molecule has 1 rings (SSSR count). The summed E-state index contributed by atoms with van der Waals surface area (Å²) in [6, 6.07) is 3.19. The highest BCUT2D eigenvalue weighted by Crippen LogP contribution is 2.24. The molecule has 1 nitrogen and oxygen atoms in total. The number of alkyl halides is 1. The maximum absolute atomic E-state index is 13.0. The van der Waals surface area contributed by atoms with Crippen LogP contribution in [0.4, 0.5) is 4.39 Å². The van der Waals surface area contributed by atoms with Crippen LogP contribution in [0.1, 0.15) is 11.1 Å². The lowest BCUT2D eigenvalue weighted by atomic mass is 10.1. The van der Waals surface area contributed by atoms with Crippen molar-refractivity contribution in [2.75, 3.05) is 7.11 Å². The first-order valence-corrected chi connectivity index (χ1v) is 4.70. The number of aryl methyl sites for hydroxylation is 1. The highest BCUT2D eigenvalue weighted by molar-refractivity contribution is 9.08. The molecule has 0 heterocycles. The van der Waals surface area contributed by atoms with Gasteiger partial charge in [0, 0.05) is 10.9 Å². The predicted molar refractivity (Wildman–Crippen MR) is 50.3 cm³/mol. The molecule has 0 spiro atoms. The van der Waals surface area contributed by atoms with E-state index in [1.807, 2.05) is 0 Å². The fraction of sp³-hybridized carbons (Fsp3) is 0.333. The molecule has 0 aliphatic heterocycles. The van der Waals surface area contributed by atoms with Gasteiger partial charge in [-0.15, -0.1) is 0 Å². The normalized spacial score (nSPS) is 10.0. The van der Waals surface area contributed by atoms with Crippen molar-refractivity contribution in [2.45, 2.75) is 12.3 Å². The Morgan fingerprint density at radius 3 is 2.67 bits per heavy atom. The zero-order chi connectivity index (χ0) is 9.14. The van der Waals surface area contributed by atoms with Crippen LogP contribution < -0.4 is 4.74 Å². The number of methoxy groups -OCH3 is 1. The van der Waals surface area contributed by atoms with Gasteiger partial charge in [0.1, 0.15) is 11.6 Å². The SMILES string of the molecule is COc1cc(C)c(F)cc1CBr. The van der Waals surface area contributed by atoms with Crippen LogP contribution in [0.15, 0.2) is 12.1 Å². The maximum atomic E-state index is 13.0. The molecule has 0 unspecified atom stereocenters. The maximum Gasteiger partial charge on any atom is 0.126 e. The molecule has 12 heavy (non-hydrogen) atoms. The fourth-order valence-electron chi connectivity index (χ4n) is 0.991. The van der Waals surface area contributed by atoms with E-state index in [1.165, 1.54) is 6.07 Å². The molecular formula is C9H10BrFO. The predicted octanol–water partition coefficient (Wildman–Crippen LogP) is 3.04. The van der Waals surface area contributed by atoms with Crippen LogP contribution in [-0.4, -0.2) is 7.11 Å². The average Bonchev–Trinajstić information content (AvgIpc) is 2.09. The third-order valence-corrected chi connectivity index (χ3v) is 2.31. The summed E-state index contributed by atoms with van der Waals surface area (Å²) in [6.07, 6.45) is 0. The second-order valence-electron chi connectivity index (χ2n) is 2.55. The van der Waals surface area contributed by atoms with E-state index < -0.39 is 0 Å². The highest BCUT2D eigenvalue weighted by atomic mass is 79.9. The minimum atomic E-state index is -0.190. The molecule has 1 aromatic carbocycles. The van der Waals surface area contributed by atoms with E-state index in [0.717, 1.165) is 11.3 Å². The third kappa shape index (κ3) is 1.78. The van der Waals surface area contributed by atoms with Gasteiger partial charge in [-0.1, -0.05) is 15.9 Å². The Balaban J connectivity index is 3.19. The summed E-state index contributed by atoms with van der Waals surface area (Å²) in [7, 11) is 1.58. The first-order valence-electron chi connectivity index (χ1n) is 3.58. The van der Waals surface area contributed by atoms with E-state index in [9.17, 15) is 4.39 Å². The van der Waals surface area contributed by atoms with Crippen molar-refractivity contribution >= 4 is 15.9 Å². The first-order chi connectivity index (χ1) is 5.69. The van der Waals surface area contributed by atoms with Gasteiger partial charge >= 0.3 is 0 Å². The van der Waals surface area contributed by atoms with E-state index in [2.05, 4.69) is 15.9 Å². The molecular weight excluding hydrogens is 223 g/mol. The molecule has 0 aromatic heterocycles. The zero-order valence-corrected chi connectivity index (χ0v) is 8.61. The van der Waals surface area contributed by atoms with Crippen molar-refractivity contribution in [3.05, 3.63) is 29.1 Å². The van der Waals surface area contributed by atoms with Crippen molar-refractivity contribution in [3.8, 4) is 5.75 Å². The highest BCUT2D eigenvalue weighted by Gasteiger charge is 2.05. The molecule has 0 saturated heterocycles. The van der Waals surface area contributed by atoms with Crippen LogP contribution in [0.2, 0.25) is 0 Å². The molecule has 0 aliphatic carbocycles. The summed E-state index contributed by atoms with van der Waals surface area (Å²) in [5.74, 6) is 0.538. The van der Waals surface area contributed by atoms with Crippen LogP contribution in [0.3, 0.4) is 0 Å². The van der Waals surface area contributed by atoms with E-state index in [0.29, 0.717) is 10.9 Å². The van der Waals surface area contributed by atoms with Crippen molar-refractivity contribution in [1.29, 1.82) is 0 Å². The molecule has 3 heteroatoms. The van der Waals surface area contributed by atoms with Crippen LogP contribution in [0.5, 0.6) is 5.75 Å². The lowest BCUT2D eigenvalue weighted by Gasteiger charge is -2.07. The van der Waals surface area contributed by atoms with Gasteiger partial charge < -0.3 is 4.74 Å². The smallest absolute Gasteiger partial charge is 0.126 e. The zero-order valence-electron chi connectivity index (χ0n) is 7.03. The summed E-state index contributed by atoms with van der Waals surface area (Å²) in [5.41, 5.74) is 1.44. The van der Waals surface area contributed by atoms with Gasteiger partial charge in [0.05, 0.1) is 7.11 Å². The summed E-state index contributed by atoms with van der Waals surface area (Å²) < 4.78 is 18.1. The molecule has 0 N–H and O–H groups in total. The Labute approximate surface area is 79.7 Å². The minimum absolute atomic E-state index is 0.190. The number of benzene rings is 1. The number of rotatable bonds is 2. The van der Waals surface area contributed by atoms with Crippen LogP contribution in [0, 0.1) is 12.7 Å². The quantitative estimate of drug-likeness (QED) is 0.713. The lowest BCUT2D eigenvalue weighted by molar-refractivity contribution is 0.409. The van der Waals surface area contributed by atoms with E-state index in [1.54, 1.807) is 20.1 Å². The van der Waals surface area contributed by atoms with Gasteiger partial charge in [-0.2, -0.15) is 0 Å². The van der Waals surface area contributed by atoms with Crippen LogP contribution in [-0.2, 0) is 5.33 Å². The van der Waals surface area contributed by atoms with Gasteiger partial charge in [0.2, 0.25) is 0 Å². The van der Waals surface area contributed by atoms with Gasteiger partial charge in [-0.25, -0.2) is 4.39 Å². The molecule has 0 atom stereocenters. The monoisotopic (exact) mass is 232 g/mol. The number of hydrogen-bond donors (Lipinski definition) is 0. The summed E-state index contributed by atoms with van der Waals surface area (Å²) >= 11 is 3.26. The van der Waals surface area contributed by atoms with Crippen LogP contribution >= 0.6 is 15.9 Å². The summed E-state index contributed by atoms with van der Waals surface area (Å²) in [4.78, 5) is 0. The van der Waals surface area contributed by atoms with Gasteiger partial charge in [0.25, 0.3) is 0 Å². The lowest BCUT2D eigenvalue weighted by Crippen LogP contribution is -1.92. The minimum Gasteiger partial charge on any atom is -0.496 e. The number of halogens is 2. The molecule has 0 amide bonds. The van der Waals surface area contributed by atoms with Gasteiger partial charge in [-0.05, 0) is 24.6 Å². The molecule has 0 saturated carbocycles. The Morgan fingerprint density at radius 1 is 1.50 bits per heavy atom. The van der Waals surface area contributed by atoms with E-state index >= 15 is 0 Å². The molecule has 0 bridgehead atoms. The van der Waals surface area contributed by atoms with E-state index in [-0.39, 0.29) is 5.82 Å². The molecule has 0 radical (unpaired) electrons. The molecule has 0 fully saturated rings.